The van der Waals surface area contributed by atoms with Crippen LogP contribution in [-0.2, 0) is 33.2 Å². The number of aliphatic hydroxyl groups is 2. The molecule has 0 aromatic rings. The predicted octanol–water partition coefficient (Wildman–Crippen LogP) is -1.41. The van der Waals surface area contributed by atoms with E-state index in [9.17, 15) is 15.0 Å². The molecule has 0 aromatic carbocycles. The molecule has 2 aliphatic heterocycles. The number of fused-ring (bicyclic) bond motifs is 2. The van der Waals surface area contributed by atoms with Crippen molar-refractivity contribution < 1.29 is 43.4 Å². The molecule has 0 spiro atoms. The van der Waals surface area contributed by atoms with Crippen LogP contribution in [-0.4, -0.2) is 106 Å². The Hall–Kier alpha value is -1.11. The molecule has 0 radical (unpaired) electrons. The Balaban J connectivity index is 1.57. The molecule has 2 bridgehead atoms. The average molecular weight is 405 g/mol. The monoisotopic (exact) mass is 405 g/mol. The van der Waals surface area contributed by atoms with Crippen molar-refractivity contribution in [3.05, 3.63) is 12.7 Å². The molecule has 0 saturated carbocycles. The van der Waals surface area contributed by atoms with Gasteiger partial charge in [0.2, 0.25) is 5.91 Å². The lowest BCUT2D eigenvalue weighted by Crippen LogP contribution is -2.66. The maximum atomic E-state index is 11.2. The molecule has 2 aliphatic rings. The second-order valence-electron chi connectivity index (χ2n) is 6.66. The van der Waals surface area contributed by atoms with Crippen LogP contribution in [0.5, 0.6) is 0 Å². The quantitative estimate of drug-likeness (QED) is 0.236. The van der Waals surface area contributed by atoms with Crippen LogP contribution in [0.2, 0.25) is 0 Å². The van der Waals surface area contributed by atoms with Crippen LogP contribution in [0, 0.1) is 0 Å². The predicted molar refractivity (Wildman–Crippen MR) is 96.6 cm³/mol. The summed E-state index contributed by atoms with van der Waals surface area (Å²) in [6, 6.07) is -0.825. The zero-order chi connectivity index (χ0) is 20.4. The Morgan fingerprint density at radius 3 is 2.36 bits per heavy atom. The number of amides is 1. The molecule has 0 unspecified atom stereocenters. The van der Waals surface area contributed by atoms with Crippen molar-refractivity contribution in [2.24, 2.45) is 0 Å². The summed E-state index contributed by atoms with van der Waals surface area (Å²) in [6.07, 6.45) is -1.60. The van der Waals surface area contributed by atoms with E-state index < -0.39 is 30.1 Å². The molecule has 10 heteroatoms. The molecule has 5 atom stereocenters. The van der Waals surface area contributed by atoms with E-state index in [4.69, 9.17) is 28.4 Å². The largest absolute Gasteiger partial charge is 0.388 e. The highest BCUT2D eigenvalue weighted by Crippen LogP contribution is 2.37. The number of carbonyl (C=O) groups excluding carboxylic acids is 1. The van der Waals surface area contributed by atoms with Gasteiger partial charge in [-0.2, -0.15) is 0 Å². The van der Waals surface area contributed by atoms with Crippen LogP contribution in [0.15, 0.2) is 12.7 Å². The van der Waals surface area contributed by atoms with Crippen LogP contribution in [0.3, 0.4) is 0 Å². The van der Waals surface area contributed by atoms with Crippen LogP contribution in [0.25, 0.3) is 0 Å². The fourth-order valence-corrected chi connectivity index (χ4v) is 3.04. The number of rotatable bonds is 14. The van der Waals surface area contributed by atoms with Crippen molar-refractivity contribution in [1.29, 1.82) is 0 Å². The Bertz CT molecular complexity index is 492. The molecule has 0 aliphatic carbocycles. The summed E-state index contributed by atoms with van der Waals surface area (Å²) in [5.41, 5.74) is -1.16. The Morgan fingerprint density at radius 1 is 1.14 bits per heavy atom. The molecule has 2 fully saturated rings. The maximum Gasteiger partial charge on any atom is 0.217 e. The SMILES string of the molecule is C=CCOCCOCCOCCOC[C@@]12CO[C@@H](O1)[C@H](NC(C)=O)[C@@H](O)[C@H]2O. The van der Waals surface area contributed by atoms with E-state index in [-0.39, 0.29) is 25.7 Å². The van der Waals surface area contributed by atoms with Crippen molar-refractivity contribution in [2.75, 3.05) is 59.5 Å². The van der Waals surface area contributed by atoms with Gasteiger partial charge >= 0.3 is 0 Å². The summed E-state index contributed by atoms with van der Waals surface area (Å²) in [6.45, 7) is 8.01. The molecular weight excluding hydrogens is 374 g/mol. The summed E-state index contributed by atoms with van der Waals surface area (Å²) >= 11 is 0. The van der Waals surface area contributed by atoms with Gasteiger partial charge in [0.15, 0.2) is 6.29 Å². The van der Waals surface area contributed by atoms with Gasteiger partial charge in [0, 0.05) is 6.92 Å². The zero-order valence-electron chi connectivity index (χ0n) is 16.2. The number of carbonyl (C=O) groups is 1. The van der Waals surface area contributed by atoms with E-state index in [1.807, 2.05) is 0 Å². The first-order valence-corrected chi connectivity index (χ1v) is 9.35. The van der Waals surface area contributed by atoms with Gasteiger partial charge in [-0.15, -0.1) is 6.58 Å². The van der Waals surface area contributed by atoms with E-state index in [0.29, 0.717) is 39.6 Å². The Labute approximate surface area is 164 Å². The molecule has 3 N–H and O–H groups in total. The zero-order valence-corrected chi connectivity index (χ0v) is 16.2. The molecule has 1 amide bonds. The first kappa shape index (κ1) is 23.2. The number of nitrogens with one attached hydrogen (secondary N) is 1. The second kappa shape index (κ2) is 11.8. The van der Waals surface area contributed by atoms with Crippen molar-refractivity contribution in [3.8, 4) is 0 Å². The first-order chi connectivity index (χ1) is 13.5. The summed E-state index contributed by atoms with van der Waals surface area (Å²) in [4.78, 5) is 11.2. The van der Waals surface area contributed by atoms with E-state index in [2.05, 4.69) is 11.9 Å². The number of ether oxygens (including phenoxy) is 6. The van der Waals surface area contributed by atoms with Gasteiger partial charge in [0.1, 0.15) is 23.9 Å². The highest BCUT2D eigenvalue weighted by molar-refractivity contribution is 5.73. The molecule has 0 aromatic heterocycles. The fourth-order valence-electron chi connectivity index (χ4n) is 3.04. The molecule has 28 heavy (non-hydrogen) atoms. The van der Waals surface area contributed by atoms with Gasteiger partial charge in [0.05, 0.1) is 59.5 Å². The first-order valence-electron chi connectivity index (χ1n) is 9.35. The lowest BCUT2D eigenvalue weighted by atomic mass is 9.88. The highest BCUT2D eigenvalue weighted by Gasteiger charge is 2.59. The second-order valence-corrected chi connectivity index (χ2v) is 6.66. The maximum absolute atomic E-state index is 11.2. The standard InChI is InChI=1S/C18H31NO9/c1-3-4-23-5-6-24-7-8-25-9-10-26-11-18-12-27-17(28-18)14(19-13(2)20)15(21)16(18)22/h3,14-17,21-22H,1,4-12H2,2H3,(H,19,20)/t14-,15-,16-,17+,18+/m1/s1. The number of hydrogen-bond donors (Lipinski definition) is 3. The third-order valence-corrected chi connectivity index (χ3v) is 4.43. The molecule has 2 saturated heterocycles. The van der Waals surface area contributed by atoms with E-state index >= 15 is 0 Å². The fraction of sp³-hybridized carbons (Fsp3) is 0.833. The lowest BCUT2D eigenvalue weighted by Gasteiger charge is -2.42. The number of hydrogen-bond acceptors (Lipinski definition) is 9. The number of aliphatic hydroxyl groups excluding tert-OH is 2. The van der Waals surface area contributed by atoms with Crippen molar-refractivity contribution in [2.45, 2.75) is 37.1 Å². The third-order valence-electron chi connectivity index (χ3n) is 4.43. The normalized spacial score (nSPS) is 31.7. The van der Waals surface area contributed by atoms with Crippen molar-refractivity contribution in [3.63, 3.8) is 0 Å². The minimum Gasteiger partial charge on any atom is -0.388 e. The van der Waals surface area contributed by atoms with Crippen LogP contribution in [0.4, 0.5) is 0 Å². The smallest absolute Gasteiger partial charge is 0.217 e. The molecule has 2 heterocycles. The minimum absolute atomic E-state index is 0.0367. The summed E-state index contributed by atoms with van der Waals surface area (Å²) in [5.74, 6) is -0.343. The molecular formula is C18H31NO9. The highest BCUT2D eigenvalue weighted by atomic mass is 16.8. The molecule has 162 valence electrons. The minimum atomic E-state index is -1.25. The van der Waals surface area contributed by atoms with Crippen LogP contribution in [0.1, 0.15) is 6.92 Å². The van der Waals surface area contributed by atoms with Crippen LogP contribution >= 0.6 is 0 Å². The third kappa shape index (κ3) is 6.46. The Morgan fingerprint density at radius 2 is 1.75 bits per heavy atom. The van der Waals surface area contributed by atoms with Gasteiger partial charge in [0.25, 0.3) is 0 Å². The summed E-state index contributed by atoms with van der Waals surface area (Å²) in [7, 11) is 0. The van der Waals surface area contributed by atoms with E-state index in [1.54, 1.807) is 6.08 Å². The van der Waals surface area contributed by atoms with E-state index in [0.717, 1.165) is 0 Å². The van der Waals surface area contributed by atoms with E-state index in [1.165, 1.54) is 6.92 Å². The van der Waals surface area contributed by atoms with Crippen LogP contribution < -0.4 is 5.32 Å². The molecule has 2 rings (SSSR count). The Kier molecular flexibility index (Phi) is 9.75. The van der Waals surface area contributed by atoms with Crippen molar-refractivity contribution >= 4 is 5.91 Å². The summed E-state index contributed by atoms with van der Waals surface area (Å²) < 4.78 is 32.7. The topological polar surface area (TPSA) is 125 Å². The van der Waals surface area contributed by atoms with Gasteiger partial charge in [-0.3, -0.25) is 4.79 Å². The van der Waals surface area contributed by atoms with Gasteiger partial charge in [-0.25, -0.2) is 0 Å². The molecule has 10 nitrogen and oxygen atoms in total. The van der Waals surface area contributed by atoms with Crippen molar-refractivity contribution in [1.82, 2.24) is 5.32 Å². The summed E-state index contributed by atoms with van der Waals surface area (Å²) in [5, 5.41) is 23.3. The van der Waals surface area contributed by atoms with Gasteiger partial charge < -0.3 is 44.0 Å². The van der Waals surface area contributed by atoms with Gasteiger partial charge in [-0.05, 0) is 0 Å². The van der Waals surface area contributed by atoms with Gasteiger partial charge in [-0.1, -0.05) is 6.08 Å². The average Bonchev–Trinajstić information content (AvgIpc) is 3.07. The lowest BCUT2D eigenvalue weighted by molar-refractivity contribution is -0.238.